The summed E-state index contributed by atoms with van der Waals surface area (Å²) in [6.07, 6.45) is 0.688. The van der Waals surface area contributed by atoms with Gasteiger partial charge in [0, 0.05) is 19.2 Å². The van der Waals surface area contributed by atoms with Crippen molar-refractivity contribution in [1.82, 2.24) is 4.31 Å². The van der Waals surface area contributed by atoms with Crippen molar-refractivity contribution in [3.63, 3.8) is 0 Å². The Morgan fingerprint density at radius 3 is 2.86 bits per heavy atom. The molecule has 1 heterocycles. The molecule has 1 fully saturated rings. The molecule has 1 aromatic carbocycles. The second-order valence-corrected chi connectivity index (χ2v) is 7.06. The third-order valence-electron chi connectivity index (χ3n) is 3.34. The van der Waals surface area contributed by atoms with E-state index in [0.29, 0.717) is 25.2 Å². The molecule has 114 valence electrons. The molecule has 2 N–H and O–H groups in total. The zero-order chi connectivity index (χ0) is 15.5. The fraction of sp³-hybridized carbons (Fsp3) is 0.429. The smallest absolute Gasteiger partial charge is 0.244 e. The minimum Gasteiger partial charge on any atom is -0.380 e. The number of halogens is 1. The lowest BCUT2D eigenvalue weighted by atomic mass is 10.2. The van der Waals surface area contributed by atoms with Gasteiger partial charge in [-0.1, -0.05) is 23.4 Å². The summed E-state index contributed by atoms with van der Waals surface area (Å²) in [5.74, 6) is 5.52. The lowest BCUT2D eigenvalue weighted by Crippen LogP contribution is -2.37. The van der Waals surface area contributed by atoms with E-state index in [4.69, 9.17) is 22.1 Å². The third kappa shape index (κ3) is 3.57. The van der Waals surface area contributed by atoms with Gasteiger partial charge in [-0.15, -0.1) is 0 Å². The van der Waals surface area contributed by atoms with E-state index in [0.717, 1.165) is 0 Å². The SMILES string of the molecule is CN(C1CCOC1)S(=O)(=O)c1ccc(C#CCN)cc1Cl. The van der Waals surface area contributed by atoms with E-state index < -0.39 is 10.0 Å². The van der Waals surface area contributed by atoms with Crippen LogP contribution in [-0.2, 0) is 14.8 Å². The molecule has 0 saturated carbocycles. The molecule has 0 aromatic heterocycles. The van der Waals surface area contributed by atoms with Gasteiger partial charge in [0.2, 0.25) is 10.0 Å². The van der Waals surface area contributed by atoms with Crippen molar-refractivity contribution >= 4 is 21.6 Å². The standard InChI is InChI=1S/C14H17ClN2O3S/c1-17(12-6-8-20-10-12)21(18,19)14-5-4-11(3-2-7-16)9-13(14)15/h4-5,9,12H,6-8,10,16H2,1H3. The molecule has 0 spiro atoms. The van der Waals surface area contributed by atoms with E-state index in [1.54, 1.807) is 13.1 Å². The second-order valence-electron chi connectivity index (χ2n) is 4.69. The van der Waals surface area contributed by atoms with Gasteiger partial charge in [-0.05, 0) is 24.6 Å². The number of likely N-dealkylation sites (N-methyl/N-ethyl adjacent to an activating group) is 1. The highest BCUT2D eigenvalue weighted by molar-refractivity contribution is 7.89. The van der Waals surface area contributed by atoms with Gasteiger partial charge in [0.15, 0.2) is 0 Å². The summed E-state index contributed by atoms with van der Waals surface area (Å²) in [6, 6.07) is 4.49. The number of nitrogens with two attached hydrogens (primary N) is 1. The molecule has 21 heavy (non-hydrogen) atoms. The molecule has 7 heteroatoms. The van der Waals surface area contributed by atoms with Gasteiger partial charge in [-0.25, -0.2) is 8.42 Å². The Morgan fingerprint density at radius 1 is 1.52 bits per heavy atom. The van der Waals surface area contributed by atoms with Crippen molar-refractivity contribution in [2.75, 3.05) is 26.8 Å². The molecule has 1 unspecified atom stereocenters. The van der Waals surface area contributed by atoms with Crippen molar-refractivity contribution in [2.24, 2.45) is 5.73 Å². The molecule has 0 radical (unpaired) electrons. The number of benzene rings is 1. The Bertz CT molecular complexity index is 673. The first-order valence-corrected chi connectivity index (χ1v) is 8.33. The van der Waals surface area contributed by atoms with Crippen LogP contribution in [0.3, 0.4) is 0 Å². The number of hydrogen-bond acceptors (Lipinski definition) is 4. The maximum atomic E-state index is 12.6. The summed E-state index contributed by atoms with van der Waals surface area (Å²) in [5.41, 5.74) is 5.94. The van der Waals surface area contributed by atoms with Gasteiger partial charge in [0.1, 0.15) is 4.90 Å². The number of hydrogen-bond donors (Lipinski definition) is 1. The van der Waals surface area contributed by atoms with Crippen molar-refractivity contribution < 1.29 is 13.2 Å². The number of rotatable bonds is 3. The highest BCUT2D eigenvalue weighted by atomic mass is 35.5. The molecule has 0 bridgehead atoms. The molecular formula is C14H17ClN2O3S. The zero-order valence-corrected chi connectivity index (χ0v) is 13.2. The van der Waals surface area contributed by atoms with E-state index in [1.807, 2.05) is 0 Å². The van der Waals surface area contributed by atoms with E-state index in [-0.39, 0.29) is 22.5 Å². The lowest BCUT2D eigenvalue weighted by molar-refractivity contribution is 0.181. The molecule has 1 saturated heterocycles. The van der Waals surface area contributed by atoms with Crippen LogP contribution in [0.15, 0.2) is 23.1 Å². The monoisotopic (exact) mass is 328 g/mol. The quantitative estimate of drug-likeness (QED) is 0.842. The molecular weight excluding hydrogens is 312 g/mol. The van der Waals surface area contributed by atoms with Crippen molar-refractivity contribution in [2.45, 2.75) is 17.4 Å². The number of nitrogens with zero attached hydrogens (tertiary/aromatic N) is 1. The highest BCUT2D eigenvalue weighted by Gasteiger charge is 2.31. The zero-order valence-electron chi connectivity index (χ0n) is 11.7. The van der Waals surface area contributed by atoms with Crippen LogP contribution >= 0.6 is 11.6 Å². The Balaban J connectivity index is 2.31. The van der Waals surface area contributed by atoms with Crippen molar-refractivity contribution in [1.29, 1.82) is 0 Å². The molecule has 0 amide bonds. The Kier molecular flexibility index (Phi) is 5.25. The first kappa shape index (κ1) is 16.3. The number of sulfonamides is 1. The summed E-state index contributed by atoms with van der Waals surface area (Å²) >= 11 is 6.11. The van der Waals surface area contributed by atoms with Crippen LogP contribution in [0.5, 0.6) is 0 Å². The summed E-state index contributed by atoms with van der Waals surface area (Å²) < 4.78 is 31.8. The largest absolute Gasteiger partial charge is 0.380 e. The first-order valence-electron chi connectivity index (χ1n) is 6.51. The average molecular weight is 329 g/mol. The van der Waals surface area contributed by atoms with Crippen LogP contribution in [-0.4, -0.2) is 45.6 Å². The lowest BCUT2D eigenvalue weighted by Gasteiger charge is -2.23. The molecule has 2 rings (SSSR count). The summed E-state index contributed by atoms with van der Waals surface area (Å²) in [5, 5.41) is 0.157. The second kappa shape index (κ2) is 6.77. The van der Waals surface area contributed by atoms with E-state index in [2.05, 4.69) is 11.8 Å². The minimum atomic E-state index is -3.64. The van der Waals surface area contributed by atoms with Gasteiger partial charge >= 0.3 is 0 Å². The highest BCUT2D eigenvalue weighted by Crippen LogP contribution is 2.27. The fourth-order valence-corrected chi connectivity index (χ4v) is 3.99. The van der Waals surface area contributed by atoms with Gasteiger partial charge in [0.25, 0.3) is 0 Å². The predicted octanol–water partition coefficient (Wildman–Crippen LogP) is 1.06. The third-order valence-corrected chi connectivity index (χ3v) is 5.74. The molecule has 5 nitrogen and oxygen atoms in total. The van der Waals surface area contributed by atoms with Crippen LogP contribution in [0.25, 0.3) is 0 Å². The van der Waals surface area contributed by atoms with Crippen LogP contribution in [0, 0.1) is 11.8 Å². The van der Waals surface area contributed by atoms with E-state index >= 15 is 0 Å². The van der Waals surface area contributed by atoms with Crippen LogP contribution < -0.4 is 5.73 Å². The average Bonchev–Trinajstić information content (AvgIpc) is 2.98. The normalized spacial score (nSPS) is 18.6. The molecule has 1 atom stereocenters. The first-order chi connectivity index (χ1) is 9.96. The molecule has 1 aromatic rings. The Labute approximate surface area is 130 Å². The minimum absolute atomic E-state index is 0.0804. The van der Waals surface area contributed by atoms with Gasteiger partial charge in [-0.2, -0.15) is 4.31 Å². The fourth-order valence-electron chi connectivity index (χ4n) is 2.10. The van der Waals surface area contributed by atoms with Gasteiger partial charge < -0.3 is 10.5 Å². The Hall–Kier alpha value is -1.10. The van der Waals surface area contributed by atoms with E-state index in [1.165, 1.54) is 16.4 Å². The maximum Gasteiger partial charge on any atom is 0.244 e. The molecule has 0 aliphatic carbocycles. The summed E-state index contributed by atoms with van der Waals surface area (Å²) in [4.78, 5) is 0.0804. The molecule has 1 aliphatic rings. The van der Waals surface area contributed by atoms with Gasteiger partial charge in [0.05, 0.1) is 24.2 Å². The van der Waals surface area contributed by atoms with Crippen LogP contribution in [0.4, 0.5) is 0 Å². The summed E-state index contributed by atoms with van der Waals surface area (Å²) in [6.45, 7) is 1.22. The van der Waals surface area contributed by atoms with Crippen LogP contribution in [0.1, 0.15) is 12.0 Å². The van der Waals surface area contributed by atoms with Gasteiger partial charge in [-0.3, -0.25) is 0 Å². The predicted molar refractivity (Wildman–Crippen MR) is 81.6 cm³/mol. The maximum absolute atomic E-state index is 12.6. The molecule has 1 aliphatic heterocycles. The van der Waals surface area contributed by atoms with Crippen molar-refractivity contribution in [3.8, 4) is 11.8 Å². The van der Waals surface area contributed by atoms with Crippen LogP contribution in [0.2, 0.25) is 5.02 Å². The van der Waals surface area contributed by atoms with E-state index in [9.17, 15) is 8.42 Å². The topological polar surface area (TPSA) is 72.6 Å². The Morgan fingerprint density at radius 2 is 2.29 bits per heavy atom. The number of ether oxygens (including phenoxy) is 1. The van der Waals surface area contributed by atoms with Crippen molar-refractivity contribution in [3.05, 3.63) is 28.8 Å². The summed E-state index contributed by atoms with van der Waals surface area (Å²) in [7, 11) is -2.09.